The highest BCUT2D eigenvalue weighted by atomic mass is 16.6. The number of ether oxygens (including phenoxy) is 2. The molecule has 0 fully saturated rings. The number of Topliss-reactive ketones (excluding diaryl/α,β-unsaturated/α-hetero) is 1. The Balaban J connectivity index is 1.96. The summed E-state index contributed by atoms with van der Waals surface area (Å²) < 4.78 is 11.9. The van der Waals surface area contributed by atoms with Crippen molar-refractivity contribution in [1.82, 2.24) is 0 Å². The minimum Gasteiger partial charge on any atom is -0.507 e. The molecule has 0 saturated carbocycles. The van der Waals surface area contributed by atoms with Gasteiger partial charge in [0.25, 0.3) is 0 Å². The Morgan fingerprint density at radius 3 is 1.53 bits per heavy atom. The van der Waals surface area contributed by atoms with Gasteiger partial charge in [0.15, 0.2) is 5.78 Å². The number of hydrogen-bond donors (Lipinski definition) is 2. The second-order valence-electron chi connectivity index (χ2n) is 16.9. The fraction of sp³-hybridized carbons (Fsp3) is 0.641. The van der Waals surface area contributed by atoms with Crippen LogP contribution in [0.3, 0.4) is 0 Å². The van der Waals surface area contributed by atoms with E-state index in [2.05, 4.69) is 62.3 Å². The van der Waals surface area contributed by atoms with Crippen LogP contribution in [0.5, 0.6) is 11.5 Å². The average Bonchev–Trinajstić information content (AvgIpc) is 2.85. The Morgan fingerprint density at radius 2 is 1.07 bits per heavy atom. The van der Waals surface area contributed by atoms with Crippen molar-refractivity contribution in [2.24, 2.45) is 0 Å². The first-order chi connectivity index (χ1) is 20.2. The number of benzene rings is 2. The molecule has 0 aliphatic carbocycles. The second kappa shape index (κ2) is 13.9. The minimum atomic E-state index is -0.988. The van der Waals surface area contributed by atoms with Crippen molar-refractivity contribution in [1.29, 1.82) is 0 Å². The largest absolute Gasteiger partial charge is 0.507 e. The number of carbonyl (C=O) groups excluding carboxylic acids is 2. The maximum Gasteiger partial charge on any atom is 0.306 e. The van der Waals surface area contributed by atoms with Crippen molar-refractivity contribution in [3.05, 3.63) is 57.6 Å². The van der Waals surface area contributed by atoms with Crippen LogP contribution < -0.4 is 0 Å². The van der Waals surface area contributed by atoms with Crippen molar-refractivity contribution in [3.63, 3.8) is 0 Å². The predicted molar refractivity (Wildman–Crippen MR) is 184 cm³/mol. The number of aryl methyl sites for hydroxylation is 3. The number of ketones is 1. The van der Waals surface area contributed by atoms with Crippen LogP contribution in [-0.4, -0.2) is 39.8 Å². The molecule has 0 aromatic heterocycles. The Kier molecular flexibility index (Phi) is 11.8. The molecular formula is C39H60O6. The van der Waals surface area contributed by atoms with E-state index < -0.39 is 11.2 Å². The average molecular weight is 625 g/mol. The molecule has 0 heterocycles. The van der Waals surface area contributed by atoms with Crippen LogP contribution in [0.2, 0.25) is 0 Å². The molecule has 0 saturated heterocycles. The topological polar surface area (TPSA) is 93.1 Å². The van der Waals surface area contributed by atoms with Crippen molar-refractivity contribution in [3.8, 4) is 11.5 Å². The van der Waals surface area contributed by atoms with Crippen LogP contribution in [0.1, 0.15) is 143 Å². The lowest BCUT2D eigenvalue weighted by molar-refractivity contribution is -0.160. The van der Waals surface area contributed by atoms with Gasteiger partial charge in [-0.15, -0.1) is 0 Å². The highest BCUT2D eigenvalue weighted by Crippen LogP contribution is 2.40. The number of aromatic hydroxyl groups is 2. The third-order valence-electron chi connectivity index (χ3n) is 8.44. The van der Waals surface area contributed by atoms with E-state index in [1.807, 2.05) is 45.0 Å². The normalized spacial score (nSPS) is 13.2. The number of hydrogen-bond acceptors (Lipinski definition) is 6. The molecule has 0 atom stereocenters. The van der Waals surface area contributed by atoms with Crippen LogP contribution in [0.4, 0.5) is 0 Å². The van der Waals surface area contributed by atoms with Gasteiger partial charge in [0.2, 0.25) is 0 Å². The highest BCUT2D eigenvalue weighted by molar-refractivity contribution is 5.86. The molecule has 0 aliphatic rings. The summed E-state index contributed by atoms with van der Waals surface area (Å²) in [5.74, 6) is 0.346. The molecule has 0 radical (unpaired) electrons. The zero-order valence-corrected chi connectivity index (χ0v) is 30.6. The molecule has 45 heavy (non-hydrogen) atoms. The summed E-state index contributed by atoms with van der Waals surface area (Å²) >= 11 is 0. The lowest BCUT2D eigenvalue weighted by Crippen LogP contribution is -2.38. The molecule has 0 bridgehead atoms. The SMILES string of the molecule is Cc1cc(CCC(=O)OC(C)(C)CCOC(C)(C)C(=O)CCc2cc(C(C)(C)C)c(O)c(C(C)(C)C)c2)cc(C(C)(C)C)c1O. The summed E-state index contributed by atoms with van der Waals surface area (Å²) in [6, 6.07) is 7.94. The van der Waals surface area contributed by atoms with Gasteiger partial charge in [0.1, 0.15) is 22.7 Å². The maximum atomic E-state index is 13.3. The summed E-state index contributed by atoms with van der Waals surface area (Å²) in [7, 11) is 0. The quantitative estimate of drug-likeness (QED) is 0.229. The Bertz CT molecular complexity index is 1320. The van der Waals surface area contributed by atoms with Crippen LogP contribution in [0, 0.1) is 6.92 Å². The first kappa shape index (κ1) is 38.3. The fourth-order valence-electron chi connectivity index (χ4n) is 5.40. The molecule has 0 unspecified atom stereocenters. The van der Waals surface area contributed by atoms with Crippen molar-refractivity contribution in [2.75, 3.05) is 6.61 Å². The summed E-state index contributed by atoms with van der Waals surface area (Å²) in [4.78, 5) is 26.0. The highest BCUT2D eigenvalue weighted by Gasteiger charge is 2.31. The standard InChI is InChI=1S/C39H60O6/c1-25-21-26(22-28(33(25)42)35(2,3)4)16-18-32(41)45-38(11,12)19-20-44-39(13,14)31(40)17-15-27-23-29(36(5,6)7)34(43)30(24-27)37(8,9)10/h21-24,42-43H,15-20H2,1-14H3. The van der Waals surface area contributed by atoms with E-state index in [4.69, 9.17) is 9.47 Å². The van der Waals surface area contributed by atoms with Crippen molar-refractivity contribution in [2.45, 2.75) is 156 Å². The zero-order valence-electron chi connectivity index (χ0n) is 30.6. The van der Waals surface area contributed by atoms with E-state index in [0.29, 0.717) is 37.2 Å². The predicted octanol–water partition coefficient (Wildman–Crippen LogP) is 8.94. The lowest BCUT2D eigenvalue weighted by Gasteiger charge is -2.29. The maximum absolute atomic E-state index is 13.3. The molecule has 2 aromatic carbocycles. The van der Waals surface area contributed by atoms with E-state index in [0.717, 1.165) is 33.4 Å². The first-order valence-corrected chi connectivity index (χ1v) is 16.3. The van der Waals surface area contributed by atoms with Gasteiger partial charge in [0, 0.05) is 19.3 Å². The van der Waals surface area contributed by atoms with E-state index in [1.165, 1.54) is 0 Å². The number of phenols is 2. The Labute approximate surface area is 272 Å². The molecule has 0 spiro atoms. The van der Waals surface area contributed by atoms with E-state index in [1.54, 1.807) is 13.8 Å². The van der Waals surface area contributed by atoms with E-state index in [-0.39, 0.29) is 41.0 Å². The molecule has 2 rings (SSSR count). The van der Waals surface area contributed by atoms with Gasteiger partial charge in [-0.25, -0.2) is 0 Å². The summed E-state index contributed by atoms with van der Waals surface area (Å²) in [6.07, 6.45) is 2.07. The smallest absolute Gasteiger partial charge is 0.306 e. The van der Waals surface area contributed by atoms with E-state index >= 15 is 0 Å². The van der Waals surface area contributed by atoms with Gasteiger partial charge < -0.3 is 19.7 Å². The number of phenolic OH excluding ortho intramolecular Hbond substituents is 2. The van der Waals surface area contributed by atoms with Gasteiger partial charge in [-0.2, -0.15) is 0 Å². The van der Waals surface area contributed by atoms with Crippen LogP contribution in [-0.2, 0) is 48.1 Å². The van der Waals surface area contributed by atoms with Gasteiger partial charge in [0.05, 0.1) is 6.61 Å². The summed E-state index contributed by atoms with van der Waals surface area (Å²) in [5, 5.41) is 21.5. The lowest BCUT2D eigenvalue weighted by atomic mass is 9.78. The fourth-order valence-corrected chi connectivity index (χ4v) is 5.40. The second-order valence-corrected chi connectivity index (χ2v) is 16.9. The molecule has 0 amide bonds. The Morgan fingerprint density at radius 1 is 0.644 bits per heavy atom. The minimum absolute atomic E-state index is 0.00110. The van der Waals surface area contributed by atoms with Crippen molar-refractivity contribution >= 4 is 11.8 Å². The number of esters is 1. The molecule has 252 valence electrons. The number of carbonyl (C=O) groups is 2. The van der Waals surface area contributed by atoms with Gasteiger partial charge >= 0.3 is 5.97 Å². The number of rotatable bonds is 12. The van der Waals surface area contributed by atoms with Crippen LogP contribution in [0.25, 0.3) is 0 Å². The molecule has 6 heteroatoms. The molecule has 6 nitrogen and oxygen atoms in total. The van der Waals surface area contributed by atoms with E-state index in [9.17, 15) is 19.8 Å². The van der Waals surface area contributed by atoms with Gasteiger partial charge in [-0.3, -0.25) is 9.59 Å². The molecule has 2 N–H and O–H groups in total. The van der Waals surface area contributed by atoms with Gasteiger partial charge in [-0.1, -0.05) is 86.6 Å². The van der Waals surface area contributed by atoms with Crippen molar-refractivity contribution < 1.29 is 29.3 Å². The molecular weight excluding hydrogens is 564 g/mol. The molecule has 2 aromatic rings. The van der Waals surface area contributed by atoms with Gasteiger partial charge in [-0.05, 0) is 97.1 Å². The van der Waals surface area contributed by atoms with Crippen LogP contribution >= 0.6 is 0 Å². The first-order valence-electron chi connectivity index (χ1n) is 16.3. The Hall–Kier alpha value is -2.86. The summed E-state index contributed by atoms with van der Waals surface area (Å²) in [5.41, 5.74) is 3.04. The monoisotopic (exact) mass is 624 g/mol. The zero-order chi connectivity index (χ0) is 34.8. The third kappa shape index (κ3) is 10.9. The summed E-state index contributed by atoms with van der Waals surface area (Å²) in [6.45, 7) is 28.1. The molecule has 0 aliphatic heterocycles. The van der Waals surface area contributed by atoms with Crippen LogP contribution in [0.15, 0.2) is 24.3 Å². The third-order valence-corrected chi connectivity index (χ3v) is 8.44.